The van der Waals surface area contributed by atoms with Gasteiger partial charge in [-0.15, -0.1) is 5.10 Å². The molecule has 2 atom stereocenters. The molecular weight excluding hydrogens is 351 g/mol. The minimum Gasteiger partial charge on any atom is -0.349 e. The van der Waals surface area contributed by atoms with E-state index in [0.717, 1.165) is 11.1 Å². The van der Waals surface area contributed by atoms with Crippen LogP contribution in [0.2, 0.25) is 0 Å². The van der Waals surface area contributed by atoms with E-state index in [9.17, 15) is 9.18 Å². The summed E-state index contributed by atoms with van der Waals surface area (Å²) >= 11 is 1.28. The zero-order valence-electron chi connectivity index (χ0n) is 14.4. The smallest absolute Gasteiger partial charge is 0.233 e. The lowest BCUT2D eigenvalue weighted by atomic mass is 10.1. The van der Waals surface area contributed by atoms with Crippen LogP contribution in [-0.4, -0.2) is 26.3 Å². The number of rotatable bonds is 6. The first-order chi connectivity index (χ1) is 12.5. The van der Waals surface area contributed by atoms with Crippen molar-refractivity contribution in [2.45, 2.75) is 30.3 Å². The minimum absolute atomic E-state index is 0.127. The van der Waals surface area contributed by atoms with Crippen molar-refractivity contribution in [1.82, 2.24) is 20.5 Å². The molecule has 0 unspecified atom stereocenters. The molecule has 0 aliphatic carbocycles. The average Bonchev–Trinajstić information content (AvgIpc) is 3.11. The van der Waals surface area contributed by atoms with E-state index < -0.39 is 0 Å². The van der Waals surface area contributed by atoms with Crippen LogP contribution in [0.15, 0.2) is 59.8 Å². The molecule has 0 aliphatic heterocycles. The zero-order chi connectivity index (χ0) is 18.5. The molecule has 7 heteroatoms. The molecule has 1 aromatic heterocycles. The number of halogens is 1. The molecule has 1 heterocycles. The highest BCUT2D eigenvalue weighted by Crippen LogP contribution is 2.23. The summed E-state index contributed by atoms with van der Waals surface area (Å²) in [6.45, 7) is 3.67. The third-order valence-electron chi connectivity index (χ3n) is 3.89. The summed E-state index contributed by atoms with van der Waals surface area (Å²) in [5, 5.41) is 10.1. The van der Waals surface area contributed by atoms with Crippen molar-refractivity contribution in [2.24, 2.45) is 0 Å². The standard InChI is InChI=1S/C19H19FN4OS/c1-12(14-8-10-16(20)11-9-14)21-18(25)13(2)26-19-22-17(23-24-19)15-6-4-3-5-7-15/h3-13H,1-2H3,(H,21,25)(H,22,23,24)/t12-,13+/m0/s1. The number of hydrogen-bond acceptors (Lipinski definition) is 4. The number of benzene rings is 2. The summed E-state index contributed by atoms with van der Waals surface area (Å²) in [5.74, 6) is 0.244. The van der Waals surface area contributed by atoms with Gasteiger partial charge in [0.05, 0.1) is 11.3 Å². The fraction of sp³-hybridized carbons (Fsp3) is 0.211. The Labute approximate surface area is 155 Å². The molecule has 3 rings (SSSR count). The zero-order valence-corrected chi connectivity index (χ0v) is 15.3. The Balaban J connectivity index is 1.59. The number of aromatic nitrogens is 3. The Morgan fingerprint density at radius 3 is 2.50 bits per heavy atom. The highest BCUT2D eigenvalue weighted by atomic mass is 32.2. The van der Waals surface area contributed by atoms with Crippen molar-refractivity contribution in [1.29, 1.82) is 0 Å². The van der Waals surface area contributed by atoms with Crippen LogP contribution in [0.5, 0.6) is 0 Å². The van der Waals surface area contributed by atoms with Crippen LogP contribution in [-0.2, 0) is 4.79 Å². The van der Waals surface area contributed by atoms with Gasteiger partial charge in [-0.3, -0.25) is 9.89 Å². The predicted octanol–water partition coefficient (Wildman–Crippen LogP) is 3.97. The van der Waals surface area contributed by atoms with Gasteiger partial charge in [-0.1, -0.05) is 54.2 Å². The van der Waals surface area contributed by atoms with Crippen LogP contribution < -0.4 is 5.32 Å². The molecule has 0 radical (unpaired) electrons. The number of thioether (sulfide) groups is 1. The minimum atomic E-state index is -0.364. The van der Waals surface area contributed by atoms with Crippen molar-refractivity contribution in [3.05, 3.63) is 66.0 Å². The number of nitrogens with one attached hydrogen (secondary N) is 2. The summed E-state index contributed by atoms with van der Waals surface area (Å²) in [5.41, 5.74) is 1.79. The molecule has 0 aliphatic rings. The highest BCUT2D eigenvalue weighted by Gasteiger charge is 2.19. The van der Waals surface area contributed by atoms with Crippen LogP contribution in [0.3, 0.4) is 0 Å². The van der Waals surface area contributed by atoms with Crippen LogP contribution in [0.1, 0.15) is 25.5 Å². The summed E-state index contributed by atoms with van der Waals surface area (Å²) < 4.78 is 13.0. The second kappa shape index (κ2) is 8.14. The average molecular weight is 370 g/mol. The first-order valence-electron chi connectivity index (χ1n) is 8.23. The number of H-pyrrole nitrogens is 1. The Morgan fingerprint density at radius 1 is 1.12 bits per heavy atom. The molecule has 3 aromatic rings. The van der Waals surface area contributed by atoms with Crippen molar-refractivity contribution >= 4 is 17.7 Å². The molecule has 0 saturated heterocycles. The van der Waals surface area contributed by atoms with Gasteiger partial charge in [0.1, 0.15) is 5.82 Å². The second-order valence-corrected chi connectivity index (χ2v) is 7.18. The number of amides is 1. The molecule has 2 N–H and O–H groups in total. The third kappa shape index (κ3) is 4.49. The van der Waals surface area contributed by atoms with Gasteiger partial charge in [0.2, 0.25) is 11.1 Å². The molecule has 0 bridgehead atoms. The van der Waals surface area contributed by atoms with E-state index in [4.69, 9.17) is 0 Å². The van der Waals surface area contributed by atoms with Crippen molar-refractivity contribution in [2.75, 3.05) is 0 Å². The summed E-state index contributed by atoms with van der Waals surface area (Å²) in [4.78, 5) is 16.8. The summed E-state index contributed by atoms with van der Waals surface area (Å²) in [6, 6.07) is 15.6. The van der Waals surface area contributed by atoms with Gasteiger partial charge in [0.25, 0.3) is 0 Å². The van der Waals surface area contributed by atoms with Gasteiger partial charge < -0.3 is 5.32 Å². The van der Waals surface area contributed by atoms with Crippen LogP contribution in [0.25, 0.3) is 11.4 Å². The van der Waals surface area contributed by atoms with Gasteiger partial charge >= 0.3 is 0 Å². The molecule has 2 aromatic carbocycles. The Morgan fingerprint density at radius 2 is 1.81 bits per heavy atom. The SMILES string of the molecule is C[C@H](NC(=O)[C@@H](C)Sc1n[nH]c(-c2ccccc2)n1)c1ccc(F)cc1. The topological polar surface area (TPSA) is 70.7 Å². The molecule has 0 spiro atoms. The van der Waals surface area contributed by atoms with Crippen molar-refractivity contribution < 1.29 is 9.18 Å². The lowest BCUT2D eigenvalue weighted by Gasteiger charge is -2.17. The lowest BCUT2D eigenvalue weighted by Crippen LogP contribution is -2.33. The quantitative estimate of drug-likeness (QED) is 0.644. The Kier molecular flexibility index (Phi) is 5.68. The Hall–Kier alpha value is -2.67. The van der Waals surface area contributed by atoms with Crippen LogP contribution in [0, 0.1) is 5.82 Å². The molecule has 0 fully saturated rings. The van der Waals surface area contributed by atoms with Crippen molar-refractivity contribution in [3.8, 4) is 11.4 Å². The van der Waals surface area contributed by atoms with Gasteiger partial charge in [-0.05, 0) is 31.5 Å². The fourth-order valence-corrected chi connectivity index (χ4v) is 3.14. The van der Waals surface area contributed by atoms with Gasteiger partial charge in [-0.2, -0.15) is 0 Å². The van der Waals surface area contributed by atoms with Gasteiger partial charge in [-0.25, -0.2) is 9.37 Å². The van der Waals surface area contributed by atoms with E-state index >= 15 is 0 Å². The van der Waals surface area contributed by atoms with E-state index in [1.807, 2.05) is 37.3 Å². The number of carbonyl (C=O) groups is 1. The number of nitrogens with zero attached hydrogens (tertiary/aromatic N) is 2. The van der Waals surface area contributed by atoms with E-state index in [1.165, 1.54) is 23.9 Å². The maximum atomic E-state index is 13.0. The fourth-order valence-electron chi connectivity index (χ4n) is 2.40. The van der Waals surface area contributed by atoms with Crippen molar-refractivity contribution in [3.63, 3.8) is 0 Å². The second-order valence-electron chi connectivity index (χ2n) is 5.87. The first kappa shape index (κ1) is 18.1. The van der Waals surface area contributed by atoms with E-state index in [0.29, 0.717) is 11.0 Å². The lowest BCUT2D eigenvalue weighted by molar-refractivity contribution is -0.120. The molecular formula is C19H19FN4OS. The number of hydrogen-bond donors (Lipinski definition) is 2. The summed E-state index contributed by atoms with van der Waals surface area (Å²) in [7, 11) is 0. The van der Waals surface area contributed by atoms with Gasteiger partial charge in [0.15, 0.2) is 5.82 Å². The third-order valence-corrected chi connectivity index (χ3v) is 4.85. The molecule has 1 amide bonds. The largest absolute Gasteiger partial charge is 0.349 e. The molecule has 5 nitrogen and oxygen atoms in total. The summed E-state index contributed by atoms with van der Waals surface area (Å²) in [6.07, 6.45) is 0. The van der Waals surface area contributed by atoms with E-state index in [1.54, 1.807) is 19.1 Å². The molecule has 26 heavy (non-hydrogen) atoms. The highest BCUT2D eigenvalue weighted by molar-refractivity contribution is 8.00. The normalized spacial score (nSPS) is 13.2. The van der Waals surface area contributed by atoms with Gasteiger partial charge in [0, 0.05) is 5.56 Å². The maximum absolute atomic E-state index is 13.0. The van der Waals surface area contributed by atoms with Crippen LogP contribution >= 0.6 is 11.8 Å². The monoisotopic (exact) mass is 370 g/mol. The van der Waals surface area contributed by atoms with Crippen LogP contribution in [0.4, 0.5) is 4.39 Å². The van der Waals surface area contributed by atoms with E-state index in [2.05, 4.69) is 20.5 Å². The Bertz CT molecular complexity index is 867. The number of aromatic amines is 1. The first-order valence-corrected chi connectivity index (χ1v) is 9.11. The molecule has 134 valence electrons. The maximum Gasteiger partial charge on any atom is 0.233 e. The number of carbonyl (C=O) groups excluding carboxylic acids is 1. The predicted molar refractivity (Wildman–Crippen MR) is 100 cm³/mol. The molecule has 0 saturated carbocycles. The van der Waals surface area contributed by atoms with E-state index in [-0.39, 0.29) is 23.0 Å².